The molecule has 2 rings (SSSR count). The molecule has 3 N–H and O–H groups in total. The SMILES string of the molecule is CCN(CC(=O)O)C1CC(NC(=O)Nc2ccc(Br)cc2C)C1. The molecule has 0 radical (unpaired) electrons. The first-order valence-corrected chi connectivity index (χ1v) is 8.47. The van der Waals surface area contributed by atoms with E-state index in [1.807, 2.05) is 36.9 Å². The van der Waals surface area contributed by atoms with Gasteiger partial charge in [-0.15, -0.1) is 0 Å². The van der Waals surface area contributed by atoms with Crippen molar-refractivity contribution in [3.63, 3.8) is 0 Å². The van der Waals surface area contributed by atoms with Gasteiger partial charge in [0, 0.05) is 22.2 Å². The maximum atomic E-state index is 12.0. The van der Waals surface area contributed by atoms with Crippen molar-refractivity contribution < 1.29 is 14.7 Å². The summed E-state index contributed by atoms with van der Waals surface area (Å²) in [4.78, 5) is 24.8. The number of benzene rings is 1. The monoisotopic (exact) mass is 383 g/mol. The average Bonchev–Trinajstić information content (AvgIpc) is 2.43. The molecule has 0 atom stereocenters. The quantitative estimate of drug-likeness (QED) is 0.705. The summed E-state index contributed by atoms with van der Waals surface area (Å²) in [6.07, 6.45) is 1.57. The third kappa shape index (κ3) is 4.94. The summed E-state index contributed by atoms with van der Waals surface area (Å²) in [5, 5.41) is 14.7. The van der Waals surface area contributed by atoms with Crippen molar-refractivity contribution in [3.8, 4) is 0 Å². The highest BCUT2D eigenvalue weighted by Gasteiger charge is 2.34. The maximum absolute atomic E-state index is 12.0. The molecule has 126 valence electrons. The predicted octanol–water partition coefficient (Wildman–Crippen LogP) is 2.82. The lowest BCUT2D eigenvalue weighted by Crippen LogP contribution is -2.55. The van der Waals surface area contributed by atoms with Crippen LogP contribution in [0.3, 0.4) is 0 Å². The van der Waals surface area contributed by atoms with Gasteiger partial charge in [0.05, 0.1) is 6.54 Å². The van der Waals surface area contributed by atoms with Crippen LogP contribution >= 0.6 is 15.9 Å². The van der Waals surface area contributed by atoms with Crippen molar-refractivity contribution in [2.24, 2.45) is 0 Å². The van der Waals surface area contributed by atoms with Crippen LogP contribution in [-0.4, -0.2) is 47.2 Å². The lowest BCUT2D eigenvalue weighted by molar-refractivity contribution is -0.139. The van der Waals surface area contributed by atoms with Crippen molar-refractivity contribution >= 4 is 33.6 Å². The summed E-state index contributed by atoms with van der Waals surface area (Å²) in [5.74, 6) is -0.813. The topological polar surface area (TPSA) is 81.7 Å². The van der Waals surface area contributed by atoms with E-state index in [0.717, 1.165) is 28.6 Å². The number of nitrogens with zero attached hydrogens (tertiary/aromatic N) is 1. The third-order valence-corrected chi connectivity index (χ3v) is 4.64. The first-order valence-electron chi connectivity index (χ1n) is 7.68. The normalized spacial score (nSPS) is 20.0. The second kappa shape index (κ2) is 7.79. The van der Waals surface area contributed by atoms with E-state index in [1.54, 1.807) is 0 Å². The summed E-state index contributed by atoms with van der Waals surface area (Å²) in [5.41, 5.74) is 1.77. The zero-order chi connectivity index (χ0) is 17.0. The minimum atomic E-state index is -0.813. The van der Waals surface area contributed by atoms with Crippen molar-refractivity contribution in [2.45, 2.75) is 38.8 Å². The van der Waals surface area contributed by atoms with Crippen LogP contribution in [0.5, 0.6) is 0 Å². The zero-order valence-electron chi connectivity index (χ0n) is 13.3. The van der Waals surface area contributed by atoms with Crippen LogP contribution in [-0.2, 0) is 4.79 Å². The number of carboxylic acid groups (broad SMARTS) is 1. The Morgan fingerprint density at radius 2 is 2.09 bits per heavy atom. The molecule has 0 aromatic heterocycles. The zero-order valence-corrected chi connectivity index (χ0v) is 14.9. The van der Waals surface area contributed by atoms with Crippen LogP contribution in [0, 0.1) is 6.92 Å². The number of carboxylic acids is 1. The number of likely N-dealkylation sites (N-methyl/N-ethyl adjacent to an activating group) is 1. The van der Waals surface area contributed by atoms with Crippen LogP contribution < -0.4 is 10.6 Å². The minimum Gasteiger partial charge on any atom is -0.480 e. The molecule has 1 aromatic rings. The number of carbonyl (C=O) groups is 2. The van der Waals surface area contributed by atoms with Gasteiger partial charge in [-0.25, -0.2) is 4.79 Å². The van der Waals surface area contributed by atoms with E-state index in [9.17, 15) is 9.59 Å². The number of hydrogen-bond donors (Lipinski definition) is 3. The molecule has 7 heteroatoms. The Bertz CT molecular complexity index is 588. The highest BCUT2D eigenvalue weighted by atomic mass is 79.9. The second-order valence-electron chi connectivity index (χ2n) is 5.84. The van der Waals surface area contributed by atoms with E-state index in [1.165, 1.54) is 0 Å². The van der Waals surface area contributed by atoms with Crippen molar-refractivity contribution in [3.05, 3.63) is 28.2 Å². The fourth-order valence-corrected chi connectivity index (χ4v) is 3.26. The number of aliphatic carboxylic acids is 1. The molecule has 0 heterocycles. The molecule has 0 spiro atoms. The van der Waals surface area contributed by atoms with Gasteiger partial charge in [-0.1, -0.05) is 22.9 Å². The van der Waals surface area contributed by atoms with Gasteiger partial charge in [-0.2, -0.15) is 0 Å². The molecule has 1 aliphatic rings. The van der Waals surface area contributed by atoms with Gasteiger partial charge < -0.3 is 15.7 Å². The number of halogens is 1. The Labute approximate surface area is 144 Å². The van der Waals surface area contributed by atoms with E-state index in [-0.39, 0.29) is 24.7 Å². The fourth-order valence-electron chi connectivity index (χ4n) is 2.79. The molecule has 6 nitrogen and oxygen atoms in total. The Balaban J connectivity index is 1.78. The Kier molecular flexibility index (Phi) is 6.01. The maximum Gasteiger partial charge on any atom is 0.319 e. The Morgan fingerprint density at radius 3 is 2.65 bits per heavy atom. The number of nitrogens with one attached hydrogen (secondary N) is 2. The standard InChI is InChI=1S/C16H22BrN3O3/c1-3-20(9-15(21)22)13-7-12(8-13)18-16(23)19-14-5-4-11(17)6-10(14)2/h4-6,12-13H,3,7-9H2,1-2H3,(H,21,22)(H2,18,19,23). The molecular weight excluding hydrogens is 362 g/mol. The lowest BCUT2D eigenvalue weighted by Gasteiger charge is -2.42. The number of rotatable bonds is 6. The van der Waals surface area contributed by atoms with Gasteiger partial charge in [0.15, 0.2) is 0 Å². The van der Waals surface area contributed by atoms with Gasteiger partial charge >= 0.3 is 12.0 Å². The molecule has 1 aliphatic carbocycles. The molecular formula is C16H22BrN3O3. The lowest BCUT2D eigenvalue weighted by atomic mass is 9.85. The first kappa shape index (κ1) is 17.7. The van der Waals surface area contributed by atoms with E-state index in [4.69, 9.17) is 5.11 Å². The number of anilines is 1. The smallest absolute Gasteiger partial charge is 0.319 e. The number of aryl methyl sites for hydroxylation is 1. The number of carbonyl (C=O) groups excluding carboxylic acids is 1. The van der Waals surface area contributed by atoms with Gasteiger partial charge in [0.2, 0.25) is 0 Å². The van der Waals surface area contributed by atoms with E-state index in [0.29, 0.717) is 6.54 Å². The third-order valence-electron chi connectivity index (χ3n) is 4.15. The van der Waals surface area contributed by atoms with Gasteiger partial charge in [-0.3, -0.25) is 9.69 Å². The van der Waals surface area contributed by atoms with Gasteiger partial charge in [0.1, 0.15) is 0 Å². The molecule has 2 amide bonds. The van der Waals surface area contributed by atoms with Gasteiger partial charge in [0.25, 0.3) is 0 Å². The summed E-state index contributed by atoms with van der Waals surface area (Å²) in [6.45, 7) is 4.64. The van der Waals surface area contributed by atoms with Crippen LogP contribution in [0.4, 0.5) is 10.5 Å². The largest absolute Gasteiger partial charge is 0.480 e. The highest BCUT2D eigenvalue weighted by molar-refractivity contribution is 9.10. The number of urea groups is 1. The first-order chi connectivity index (χ1) is 10.9. The van der Waals surface area contributed by atoms with Crippen LogP contribution in [0.2, 0.25) is 0 Å². The van der Waals surface area contributed by atoms with Crippen molar-refractivity contribution in [1.29, 1.82) is 0 Å². The molecule has 1 saturated carbocycles. The summed E-state index contributed by atoms with van der Waals surface area (Å²) in [7, 11) is 0. The number of hydrogen-bond acceptors (Lipinski definition) is 3. The summed E-state index contributed by atoms with van der Waals surface area (Å²) >= 11 is 3.39. The van der Waals surface area contributed by atoms with Crippen molar-refractivity contribution in [2.75, 3.05) is 18.4 Å². The minimum absolute atomic E-state index is 0.0537. The second-order valence-corrected chi connectivity index (χ2v) is 6.75. The summed E-state index contributed by atoms with van der Waals surface area (Å²) < 4.78 is 0.973. The molecule has 1 fully saturated rings. The molecule has 23 heavy (non-hydrogen) atoms. The Morgan fingerprint density at radius 1 is 1.39 bits per heavy atom. The molecule has 0 aliphatic heterocycles. The fraction of sp³-hybridized carbons (Fsp3) is 0.500. The Hall–Kier alpha value is -1.60. The molecule has 1 aromatic carbocycles. The van der Waals surface area contributed by atoms with Crippen molar-refractivity contribution in [1.82, 2.24) is 10.2 Å². The predicted molar refractivity (Wildman–Crippen MR) is 92.7 cm³/mol. The number of amides is 2. The average molecular weight is 384 g/mol. The van der Waals surface area contributed by atoms with Crippen LogP contribution in [0.25, 0.3) is 0 Å². The summed E-state index contributed by atoms with van der Waals surface area (Å²) in [6, 6.07) is 5.79. The van der Waals surface area contributed by atoms with E-state index in [2.05, 4.69) is 26.6 Å². The van der Waals surface area contributed by atoms with E-state index >= 15 is 0 Å². The van der Waals surface area contributed by atoms with E-state index < -0.39 is 5.97 Å². The molecule has 0 saturated heterocycles. The van der Waals surface area contributed by atoms with Crippen LogP contribution in [0.15, 0.2) is 22.7 Å². The molecule has 0 unspecified atom stereocenters. The van der Waals surface area contributed by atoms with Gasteiger partial charge in [-0.05, 0) is 50.1 Å². The van der Waals surface area contributed by atoms with Crippen LogP contribution in [0.1, 0.15) is 25.3 Å². The highest BCUT2D eigenvalue weighted by Crippen LogP contribution is 2.26. The molecule has 0 bridgehead atoms.